The van der Waals surface area contributed by atoms with Crippen molar-refractivity contribution in [3.8, 4) is 5.69 Å². The van der Waals surface area contributed by atoms with E-state index in [2.05, 4.69) is 10.4 Å². The topological polar surface area (TPSA) is 72.9 Å². The number of nitrogens with zero attached hydrogens (tertiary/aromatic N) is 2. The van der Waals surface area contributed by atoms with Crippen LogP contribution in [0.25, 0.3) is 5.69 Å². The van der Waals surface area contributed by atoms with E-state index in [0.717, 1.165) is 24.1 Å². The molecule has 5 heteroatoms. The summed E-state index contributed by atoms with van der Waals surface area (Å²) in [5, 5.41) is 7.54. The second kappa shape index (κ2) is 7.00. The van der Waals surface area contributed by atoms with E-state index in [4.69, 9.17) is 5.73 Å². The van der Waals surface area contributed by atoms with Crippen LogP contribution in [0.4, 0.5) is 0 Å². The van der Waals surface area contributed by atoms with Crippen molar-refractivity contribution in [2.75, 3.05) is 0 Å². The SMILES string of the molecule is NC1CC2CCCC(C1)C2NC(=O)Cc1ccc(-n2cccn2)cc1. The van der Waals surface area contributed by atoms with Gasteiger partial charge in [0.15, 0.2) is 0 Å². The van der Waals surface area contributed by atoms with Gasteiger partial charge >= 0.3 is 0 Å². The summed E-state index contributed by atoms with van der Waals surface area (Å²) >= 11 is 0. The average molecular weight is 338 g/mol. The fraction of sp³-hybridized carbons (Fsp3) is 0.500. The van der Waals surface area contributed by atoms with E-state index in [-0.39, 0.29) is 5.91 Å². The zero-order chi connectivity index (χ0) is 17.2. The Kier molecular flexibility index (Phi) is 4.57. The lowest BCUT2D eigenvalue weighted by molar-refractivity contribution is -0.122. The Bertz CT molecular complexity index is 696. The van der Waals surface area contributed by atoms with Crippen molar-refractivity contribution in [2.24, 2.45) is 17.6 Å². The number of carbonyl (C=O) groups excluding carboxylic acids is 1. The minimum Gasteiger partial charge on any atom is -0.353 e. The van der Waals surface area contributed by atoms with Gasteiger partial charge in [0.1, 0.15) is 0 Å². The Hall–Kier alpha value is -2.14. The molecule has 0 spiro atoms. The van der Waals surface area contributed by atoms with Gasteiger partial charge in [-0.25, -0.2) is 4.68 Å². The van der Waals surface area contributed by atoms with Crippen molar-refractivity contribution in [2.45, 2.75) is 50.6 Å². The Morgan fingerprint density at radius 1 is 1.20 bits per heavy atom. The fourth-order valence-corrected chi connectivity index (χ4v) is 4.64. The molecule has 0 aliphatic heterocycles. The van der Waals surface area contributed by atoms with Crippen LogP contribution in [0.5, 0.6) is 0 Å². The average Bonchev–Trinajstić information content (AvgIpc) is 3.11. The van der Waals surface area contributed by atoms with Gasteiger partial charge in [0.25, 0.3) is 0 Å². The molecule has 25 heavy (non-hydrogen) atoms. The van der Waals surface area contributed by atoms with Crippen LogP contribution in [-0.4, -0.2) is 27.8 Å². The van der Waals surface area contributed by atoms with Crippen LogP contribution in [0.3, 0.4) is 0 Å². The molecule has 0 radical (unpaired) electrons. The van der Waals surface area contributed by atoms with Gasteiger partial charge in [-0.3, -0.25) is 4.79 Å². The van der Waals surface area contributed by atoms with Gasteiger partial charge < -0.3 is 11.1 Å². The zero-order valence-electron chi connectivity index (χ0n) is 14.5. The van der Waals surface area contributed by atoms with Crippen molar-refractivity contribution in [1.82, 2.24) is 15.1 Å². The molecule has 1 amide bonds. The summed E-state index contributed by atoms with van der Waals surface area (Å²) in [6.45, 7) is 0. The number of benzene rings is 1. The van der Waals surface area contributed by atoms with Crippen LogP contribution in [0.1, 0.15) is 37.7 Å². The molecule has 3 N–H and O–H groups in total. The van der Waals surface area contributed by atoms with Gasteiger partial charge in [0.05, 0.1) is 12.1 Å². The molecule has 1 aromatic heterocycles. The number of carbonyl (C=O) groups is 1. The number of fused-ring (bicyclic) bond motifs is 2. The largest absolute Gasteiger partial charge is 0.353 e. The molecule has 2 aromatic rings. The molecule has 1 aromatic carbocycles. The maximum atomic E-state index is 12.5. The maximum absolute atomic E-state index is 12.5. The number of hydrogen-bond acceptors (Lipinski definition) is 3. The highest BCUT2D eigenvalue weighted by molar-refractivity contribution is 5.79. The Morgan fingerprint density at radius 3 is 2.56 bits per heavy atom. The minimum atomic E-state index is 0.129. The van der Waals surface area contributed by atoms with Crippen molar-refractivity contribution in [3.63, 3.8) is 0 Å². The first-order valence-corrected chi connectivity index (χ1v) is 9.33. The molecule has 1 heterocycles. The minimum absolute atomic E-state index is 0.129. The van der Waals surface area contributed by atoms with Gasteiger partial charge in [-0.2, -0.15) is 5.10 Å². The first-order chi connectivity index (χ1) is 12.2. The molecule has 2 fully saturated rings. The van der Waals surface area contributed by atoms with Crippen LogP contribution in [0, 0.1) is 11.8 Å². The van der Waals surface area contributed by atoms with E-state index < -0.39 is 0 Å². The van der Waals surface area contributed by atoms with Crippen molar-refractivity contribution in [1.29, 1.82) is 0 Å². The molecule has 2 unspecified atom stereocenters. The molecule has 2 bridgehead atoms. The Balaban J connectivity index is 1.37. The summed E-state index contributed by atoms with van der Waals surface area (Å²) in [7, 11) is 0. The molecule has 2 aliphatic carbocycles. The molecule has 2 atom stereocenters. The third-order valence-corrected chi connectivity index (χ3v) is 5.77. The highest BCUT2D eigenvalue weighted by atomic mass is 16.1. The normalized spacial score (nSPS) is 28.5. The van der Waals surface area contributed by atoms with Crippen molar-refractivity contribution >= 4 is 5.91 Å². The van der Waals surface area contributed by atoms with Crippen LogP contribution < -0.4 is 11.1 Å². The lowest BCUT2D eigenvalue weighted by atomic mass is 9.67. The molecule has 2 saturated carbocycles. The van der Waals surface area contributed by atoms with E-state index in [9.17, 15) is 4.79 Å². The molecule has 0 saturated heterocycles. The van der Waals surface area contributed by atoms with Crippen molar-refractivity contribution in [3.05, 3.63) is 48.3 Å². The Morgan fingerprint density at radius 2 is 1.92 bits per heavy atom. The van der Waals surface area contributed by atoms with Gasteiger partial charge in [0, 0.05) is 24.5 Å². The first-order valence-electron chi connectivity index (χ1n) is 9.33. The molecule has 132 valence electrons. The third kappa shape index (κ3) is 3.61. The second-order valence-electron chi connectivity index (χ2n) is 7.57. The predicted molar refractivity (Wildman–Crippen MR) is 97.2 cm³/mol. The summed E-state index contributed by atoms with van der Waals surface area (Å²) in [5.74, 6) is 1.26. The number of nitrogens with one attached hydrogen (secondary N) is 1. The summed E-state index contributed by atoms with van der Waals surface area (Å²) in [6.07, 6.45) is 9.90. The summed E-state index contributed by atoms with van der Waals surface area (Å²) in [4.78, 5) is 12.5. The smallest absolute Gasteiger partial charge is 0.224 e. The molecular weight excluding hydrogens is 312 g/mol. The summed E-state index contributed by atoms with van der Waals surface area (Å²) in [6, 6.07) is 10.6. The fourth-order valence-electron chi connectivity index (χ4n) is 4.64. The van der Waals surface area contributed by atoms with E-state index >= 15 is 0 Å². The van der Waals surface area contributed by atoms with Crippen LogP contribution in [0.2, 0.25) is 0 Å². The van der Waals surface area contributed by atoms with Crippen LogP contribution >= 0.6 is 0 Å². The molecule has 4 rings (SSSR count). The number of nitrogens with two attached hydrogens (primary N) is 1. The van der Waals surface area contributed by atoms with Crippen LogP contribution in [0.15, 0.2) is 42.7 Å². The second-order valence-corrected chi connectivity index (χ2v) is 7.57. The molecular formula is C20H26N4O. The third-order valence-electron chi connectivity index (χ3n) is 5.77. The van der Waals surface area contributed by atoms with E-state index in [0.29, 0.717) is 30.3 Å². The number of rotatable bonds is 4. The highest BCUT2D eigenvalue weighted by Gasteiger charge is 2.39. The highest BCUT2D eigenvalue weighted by Crippen LogP contribution is 2.39. The predicted octanol–water partition coefficient (Wildman–Crippen LogP) is 2.44. The van der Waals surface area contributed by atoms with Gasteiger partial charge in [-0.05, 0) is 61.3 Å². The van der Waals surface area contributed by atoms with E-state index in [1.165, 1.54) is 19.3 Å². The quantitative estimate of drug-likeness (QED) is 0.899. The van der Waals surface area contributed by atoms with Crippen molar-refractivity contribution < 1.29 is 4.79 Å². The number of aromatic nitrogens is 2. The number of hydrogen-bond donors (Lipinski definition) is 2. The van der Waals surface area contributed by atoms with E-state index in [1.54, 1.807) is 6.20 Å². The van der Waals surface area contributed by atoms with Gasteiger partial charge in [-0.15, -0.1) is 0 Å². The maximum Gasteiger partial charge on any atom is 0.224 e. The molecule has 5 nitrogen and oxygen atoms in total. The van der Waals surface area contributed by atoms with Crippen LogP contribution in [-0.2, 0) is 11.2 Å². The first kappa shape index (κ1) is 16.3. The summed E-state index contributed by atoms with van der Waals surface area (Å²) in [5.41, 5.74) is 8.21. The standard InChI is InChI=1S/C20H26N4O/c21-17-12-15-3-1-4-16(13-17)20(15)23-19(25)11-14-5-7-18(8-6-14)24-10-2-9-22-24/h2,5-10,15-17,20H,1,3-4,11-13,21H2,(H,23,25). The monoisotopic (exact) mass is 338 g/mol. The van der Waals surface area contributed by atoms with Gasteiger partial charge in [-0.1, -0.05) is 18.6 Å². The van der Waals surface area contributed by atoms with Gasteiger partial charge in [0.2, 0.25) is 5.91 Å². The lowest BCUT2D eigenvalue weighted by Gasteiger charge is -2.45. The zero-order valence-corrected chi connectivity index (χ0v) is 14.5. The Labute approximate surface area is 148 Å². The summed E-state index contributed by atoms with van der Waals surface area (Å²) < 4.78 is 1.82. The lowest BCUT2D eigenvalue weighted by Crippen LogP contribution is -2.54. The molecule has 2 aliphatic rings. The van der Waals surface area contributed by atoms with E-state index in [1.807, 2.05) is 41.2 Å². The number of amides is 1.